The Morgan fingerprint density at radius 2 is 2.37 bits per heavy atom. The van der Waals surface area contributed by atoms with Gasteiger partial charge in [-0.1, -0.05) is 12.1 Å². The van der Waals surface area contributed by atoms with Gasteiger partial charge >= 0.3 is 0 Å². The lowest BCUT2D eigenvalue weighted by Crippen LogP contribution is -2.27. The summed E-state index contributed by atoms with van der Waals surface area (Å²) < 4.78 is 5.24. The fourth-order valence-corrected chi connectivity index (χ4v) is 3.91. The fourth-order valence-electron chi connectivity index (χ4n) is 2.01. The van der Waals surface area contributed by atoms with Crippen molar-refractivity contribution in [2.45, 2.75) is 5.37 Å². The summed E-state index contributed by atoms with van der Waals surface area (Å²) in [5, 5.41) is 2.62. The van der Waals surface area contributed by atoms with Gasteiger partial charge in [0.2, 0.25) is 5.91 Å². The fraction of sp³-hybridized carbons (Fsp3) is 0.231. The molecule has 0 N–H and O–H groups in total. The molecule has 3 rings (SSSR count). The molecule has 0 aliphatic carbocycles. The highest BCUT2D eigenvalue weighted by Gasteiger charge is 2.35. The number of hydrogen-bond donors (Lipinski definition) is 0. The van der Waals surface area contributed by atoms with Crippen molar-refractivity contribution in [1.29, 1.82) is 0 Å². The second-order valence-corrected chi connectivity index (χ2v) is 5.96. The van der Waals surface area contributed by atoms with Gasteiger partial charge in [0.1, 0.15) is 11.1 Å². The van der Waals surface area contributed by atoms with Crippen molar-refractivity contribution >= 4 is 34.1 Å². The second kappa shape index (κ2) is 5.22. The van der Waals surface area contributed by atoms with E-state index in [1.54, 1.807) is 30.0 Å². The Morgan fingerprint density at radius 1 is 1.47 bits per heavy atom. The molecule has 1 aliphatic rings. The molecule has 1 aliphatic heterocycles. The average molecular weight is 292 g/mol. The minimum absolute atomic E-state index is 0.0197. The lowest BCUT2D eigenvalue weighted by molar-refractivity contribution is -0.115. The Morgan fingerprint density at radius 3 is 3.11 bits per heavy atom. The summed E-state index contributed by atoms with van der Waals surface area (Å²) in [5.74, 6) is 1.39. The van der Waals surface area contributed by atoms with Crippen molar-refractivity contribution in [1.82, 2.24) is 4.98 Å². The maximum absolute atomic E-state index is 12.1. The Bertz CT molecular complexity index is 586. The number of aromatic nitrogens is 1. The Hall–Kier alpha value is -1.53. The van der Waals surface area contributed by atoms with Gasteiger partial charge in [-0.25, -0.2) is 4.98 Å². The molecule has 1 aromatic carbocycles. The van der Waals surface area contributed by atoms with E-state index in [4.69, 9.17) is 4.74 Å². The normalized spacial score (nSPS) is 18.9. The summed E-state index contributed by atoms with van der Waals surface area (Å²) in [4.78, 5) is 18.1. The van der Waals surface area contributed by atoms with Crippen LogP contribution in [0.25, 0.3) is 0 Å². The number of thiazole rings is 1. The van der Waals surface area contributed by atoms with Crippen molar-refractivity contribution in [2.24, 2.45) is 0 Å². The molecule has 1 fully saturated rings. The SMILES string of the molecule is COc1cccc(C2SCC(=O)N2c2nccs2)c1. The topological polar surface area (TPSA) is 42.4 Å². The first-order chi connectivity index (χ1) is 9.29. The molecular weight excluding hydrogens is 280 g/mol. The van der Waals surface area contributed by atoms with Gasteiger partial charge in [-0.15, -0.1) is 23.1 Å². The van der Waals surface area contributed by atoms with Crippen LogP contribution in [-0.2, 0) is 4.79 Å². The van der Waals surface area contributed by atoms with E-state index in [-0.39, 0.29) is 11.3 Å². The number of ether oxygens (including phenoxy) is 1. The van der Waals surface area contributed by atoms with E-state index in [0.29, 0.717) is 5.75 Å². The third kappa shape index (κ3) is 2.33. The predicted molar refractivity (Wildman–Crippen MR) is 77.8 cm³/mol. The molecule has 1 saturated heterocycles. The molecule has 1 unspecified atom stereocenters. The van der Waals surface area contributed by atoms with Crippen molar-refractivity contribution < 1.29 is 9.53 Å². The smallest absolute Gasteiger partial charge is 0.240 e. The lowest BCUT2D eigenvalue weighted by Gasteiger charge is -2.21. The molecule has 0 radical (unpaired) electrons. The Balaban J connectivity index is 1.96. The van der Waals surface area contributed by atoms with E-state index in [1.165, 1.54) is 11.3 Å². The number of rotatable bonds is 3. The molecule has 6 heteroatoms. The van der Waals surface area contributed by atoms with Crippen LogP contribution in [0.4, 0.5) is 5.13 Å². The zero-order valence-electron chi connectivity index (χ0n) is 10.3. The van der Waals surface area contributed by atoms with Crippen molar-refractivity contribution in [2.75, 3.05) is 17.8 Å². The van der Waals surface area contributed by atoms with Crippen LogP contribution in [0.5, 0.6) is 5.75 Å². The molecule has 1 atom stereocenters. The van der Waals surface area contributed by atoms with E-state index in [1.807, 2.05) is 29.6 Å². The van der Waals surface area contributed by atoms with Crippen LogP contribution in [0.2, 0.25) is 0 Å². The summed E-state index contributed by atoms with van der Waals surface area (Å²) in [5.41, 5.74) is 1.06. The first-order valence-electron chi connectivity index (χ1n) is 5.76. The quantitative estimate of drug-likeness (QED) is 0.872. The van der Waals surface area contributed by atoms with Crippen LogP contribution in [0, 0.1) is 0 Å². The van der Waals surface area contributed by atoms with Gasteiger partial charge in [0.25, 0.3) is 0 Å². The molecular formula is C13H12N2O2S2. The number of benzene rings is 1. The minimum atomic E-state index is -0.0197. The van der Waals surface area contributed by atoms with Gasteiger partial charge in [0.15, 0.2) is 5.13 Å². The predicted octanol–water partition coefficient (Wildman–Crippen LogP) is 2.93. The molecule has 1 aromatic heterocycles. The third-order valence-corrected chi connectivity index (χ3v) is 4.86. The number of hydrogen-bond acceptors (Lipinski definition) is 5. The van der Waals surface area contributed by atoms with E-state index < -0.39 is 0 Å². The summed E-state index contributed by atoms with van der Waals surface area (Å²) in [7, 11) is 1.64. The lowest BCUT2D eigenvalue weighted by atomic mass is 10.2. The van der Waals surface area contributed by atoms with Crippen LogP contribution in [0.15, 0.2) is 35.8 Å². The molecule has 2 heterocycles. The van der Waals surface area contributed by atoms with Crippen LogP contribution in [0.3, 0.4) is 0 Å². The highest BCUT2D eigenvalue weighted by molar-refractivity contribution is 8.00. The van der Waals surface area contributed by atoms with E-state index in [9.17, 15) is 4.79 Å². The van der Waals surface area contributed by atoms with Gasteiger partial charge in [0.05, 0.1) is 12.9 Å². The van der Waals surface area contributed by atoms with E-state index >= 15 is 0 Å². The van der Waals surface area contributed by atoms with Crippen LogP contribution >= 0.6 is 23.1 Å². The summed E-state index contributed by atoms with van der Waals surface area (Å²) in [6.45, 7) is 0. The highest BCUT2D eigenvalue weighted by Crippen LogP contribution is 2.42. The number of methoxy groups -OCH3 is 1. The summed E-state index contributed by atoms with van der Waals surface area (Å²) in [6, 6.07) is 7.83. The van der Waals surface area contributed by atoms with Crippen molar-refractivity contribution in [3.63, 3.8) is 0 Å². The van der Waals surface area contributed by atoms with E-state index in [0.717, 1.165) is 16.4 Å². The van der Waals surface area contributed by atoms with Gasteiger partial charge in [-0.2, -0.15) is 0 Å². The molecule has 0 saturated carbocycles. The molecule has 4 nitrogen and oxygen atoms in total. The molecule has 19 heavy (non-hydrogen) atoms. The largest absolute Gasteiger partial charge is 0.497 e. The second-order valence-electron chi connectivity index (χ2n) is 4.02. The van der Waals surface area contributed by atoms with Crippen LogP contribution in [-0.4, -0.2) is 23.8 Å². The maximum atomic E-state index is 12.1. The standard InChI is InChI=1S/C13H12N2O2S2/c1-17-10-4-2-3-9(7-10)12-15(11(16)8-19-12)13-14-5-6-18-13/h2-7,12H,8H2,1H3. The van der Waals surface area contributed by atoms with Gasteiger partial charge in [-0.3, -0.25) is 9.69 Å². The Kier molecular flexibility index (Phi) is 3.44. The average Bonchev–Trinajstić information content (AvgIpc) is 3.07. The van der Waals surface area contributed by atoms with Crippen molar-refractivity contribution in [3.05, 3.63) is 41.4 Å². The highest BCUT2D eigenvalue weighted by atomic mass is 32.2. The van der Waals surface area contributed by atoms with Gasteiger partial charge < -0.3 is 4.74 Å². The molecule has 0 bridgehead atoms. The number of thioether (sulfide) groups is 1. The number of carbonyl (C=O) groups is 1. The van der Waals surface area contributed by atoms with Gasteiger partial charge in [-0.05, 0) is 17.7 Å². The number of carbonyl (C=O) groups excluding carboxylic acids is 1. The van der Waals surface area contributed by atoms with Gasteiger partial charge in [0, 0.05) is 11.6 Å². The van der Waals surface area contributed by atoms with Crippen LogP contribution in [0.1, 0.15) is 10.9 Å². The number of anilines is 1. The molecule has 98 valence electrons. The van der Waals surface area contributed by atoms with E-state index in [2.05, 4.69) is 4.98 Å². The maximum Gasteiger partial charge on any atom is 0.240 e. The molecule has 1 amide bonds. The molecule has 0 spiro atoms. The Labute approximate surface area is 119 Å². The molecule has 2 aromatic rings. The minimum Gasteiger partial charge on any atom is -0.497 e. The third-order valence-electron chi connectivity index (χ3n) is 2.87. The summed E-state index contributed by atoms with van der Waals surface area (Å²) in [6.07, 6.45) is 1.72. The first kappa shape index (κ1) is 12.5. The zero-order chi connectivity index (χ0) is 13.2. The monoisotopic (exact) mass is 292 g/mol. The summed E-state index contributed by atoms with van der Waals surface area (Å²) >= 11 is 3.10. The first-order valence-corrected chi connectivity index (χ1v) is 7.69. The van der Waals surface area contributed by atoms with Crippen molar-refractivity contribution in [3.8, 4) is 5.75 Å². The number of amides is 1. The number of nitrogens with zero attached hydrogens (tertiary/aromatic N) is 2. The zero-order valence-corrected chi connectivity index (χ0v) is 11.9. The van der Waals surface area contributed by atoms with Crippen LogP contribution < -0.4 is 9.64 Å².